The van der Waals surface area contributed by atoms with E-state index < -0.39 is 11.8 Å². The third-order valence-electron chi connectivity index (χ3n) is 6.13. The number of likely N-dealkylation sites (tertiary alicyclic amines) is 2. The maximum Gasteiger partial charge on any atom is 0.223 e. The van der Waals surface area contributed by atoms with Crippen molar-refractivity contribution in [2.24, 2.45) is 5.92 Å². The molecule has 3 fully saturated rings. The van der Waals surface area contributed by atoms with Crippen LogP contribution >= 0.6 is 0 Å². The Morgan fingerprint density at radius 2 is 1.79 bits per heavy atom. The molecular weight excluding hydrogens is 304 g/mol. The van der Waals surface area contributed by atoms with Crippen LogP contribution in [0.5, 0.6) is 0 Å². The van der Waals surface area contributed by atoms with E-state index in [4.69, 9.17) is 0 Å². The quantitative estimate of drug-likeness (QED) is 0.821. The Morgan fingerprint density at radius 1 is 1.08 bits per heavy atom. The van der Waals surface area contributed by atoms with E-state index in [-0.39, 0.29) is 24.3 Å². The SMILES string of the molecule is O=C1CC2C(N3CCCC3)CCC(N1Cc1ccccc1)C2(O)O. The highest BCUT2D eigenvalue weighted by atomic mass is 16.5. The summed E-state index contributed by atoms with van der Waals surface area (Å²) in [4.78, 5) is 16.8. The number of hydrogen-bond donors (Lipinski definition) is 2. The van der Waals surface area contributed by atoms with Crippen LogP contribution in [0.3, 0.4) is 0 Å². The molecule has 1 amide bonds. The molecular formula is C19H26N2O3. The molecule has 1 aromatic carbocycles. The third kappa shape index (κ3) is 2.65. The Labute approximate surface area is 142 Å². The van der Waals surface area contributed by atoms with Crippen molar-refractivity contribution in [3.8, 4) is 0 Å². The summed E-state index contributed by atoms with van der Waals surface area (Å²) in [6, 6.07) is 9.42. The van der Waals surface area contributed by atoms with E-state index in [2.05, 4.69) is 4.90 Å². The Kier molecular flexibility index (Phi) is 4.11. The van der Waals surface area contributed by atoms with Crippen LogP contribution in [0.15, 0.2) is 30.3 Å². The maximum atomic E-state index is 12.7. The van der Waals surface area contributed by atoms with Gasteiger partial charge in [0.15, 0.2) is 5.79 Å². The number of nitrogens with zero attached hydrogens (tertiary/aromatic N) is 2. The average Bonchev–Trinajstić information content (AvgIpc) is 3.08. The molecule has 5 heteroatoms. The van der Waals surface area contributed by atoms with Gasteiger partial charge in [0.05, 0.1) is 6.04 Å². The summed E-state index contributed by atoms with van der Waals surface area (Å²) in [5.41, 5.74) is 1.03. The summed E-state index contributed by atoms with van der Waals surface area (Å²) in [6.07, 6.45) is 4.17. The van der Waals surface area contributed by atoms with Gasteiger partial charge in [-0.15, -0.1) is 0 Å². The van der Waals surface area contributed by atoms with E-state index in [9.17, 15) is 15.0 Å². The first kappa shape index (κ1) is 16.1. The van der Waals surface area contributed by atoms with Crippen LogP contribution in [0.25, 0.3) is 0 Å². The standard InChI is InChI=1S/C19H26N2O3/c22-18-12-15-16(20-10-4-5-11-20)8-9-17(19(15,23)24)21(18)13-14-6-2-1-3-7-14/h1-3,6-7,15-17,23-24H,4-5,8-13H2. The van der Waals surface area contributed by atoms with Gasteiger partial charge in [-0.05, 0) is 44.3 Å². The smallest absolute Gasteiger partial charge is 0.223 e. The van der Waals surface area contributed by atoms with Crippen LogP contribution in [0.4, 0.5) is 0 Å². The van der Waals surface area contributed by atoms with Crippen LogP contribution in [0.2, 0.25) is 0 Å². The molecule has 3 unspecified atom stereocenters. The molecule has 2 N–H and O–H groups in total. The molecule has 2 heterocycles. The highest BCUT2D eigenvalue weighted by molar-refractivity contribution is 5.78. The van der Waals surface area contributed by atoms with Gasteiger partial charge in [-0.1, -0.05) is 30.3 Å². The Hall–Kier alpha value is -1.43. The summed E-state index contributed by atoms with van der Waals surface area (Å²) < 4.78 is 0. The normalized spacial score (nSPS) is 33.0. The Bertz CT molecular complexity index is 598. The van der Waals surface area contributed by atoms with Gasteiger partial charge in [0.2, 0.25) is 5.91 Å². The summed E-state index contributed by atoms with van der Waals surface area (Å²) in [7, 11) is 0. The number of hydrogen-bond acceptors (Lipinski definition) is 4. The lowest BCUT2D eigenvalue weighted by Gasteiger charge is -2.55. The second-order valence-corrected chi connectivity index (χ2v) is 7.50. The number of rotatable bonds is 3. The van der Waals surface area contributed by atoms with Crippen LogP contribution in [-0.4, -0.2) is 56.9 Å². The summed E-state index contributed by atoms with van der Waals surface area (Å²) in [6.45, 7) is 2.49. The highest BCUT2D eigenvalue weighted by Gasteiger charge is 2.58. The van der Waals surface area contributed by atoms with Crippen molar-refractivity contribution in [3.63, 3.8) is 0 Å². The van der Waals surface area contributed by atoms with E-state index in [0.717, 1.165) is 25.1 Å². The number of amides is 1. The van der Waals surface area contributed by atoms with Crippen LogP contribution < -0.4 is 0 Å². The molecule has 5 nitrogen and oxygen atoms in total. The predicted molar refractivity (Wildman–Crippen MR) is 89.9 cm³/mol. The molecule has 1 saturated carbocycles. The lowest BCUT2D eigenvalue weighted by molar-refractivity contribution is -0.280. The van der Waals surface area contributed by atoms with Crippen molar-refractivity contribution in [3.05, 3.63) is 35.9 Å². The van der Waals surface area contributed by atoms with Gasteiger partial charge in [0, 0.05) is 24.9 Å². The van der Waals surface area contributed by atoms with Gasteiger partial charge in [-0.25, -0.2) is 0 Å². The zero-order chi connectivity index (χ0) is 16.7. The predicted octanol–water partition coefficient (Wildman–Crippen LogP) is 1.34. The minimum Gasteiger partial charge on any atom is -0.364 e. The zero-order valence-electron chi connectivity index (χ0n) is 14.0. The van der Waals surface area contributed by atoms with E-state index in [1.54, 1.807) is 4.90 Å². The second kappa shape index (κ2) is 6.14. The molecule has 0 spiro atoms. The molecule has 4 rings (SSSR count). The Morgan fingerprint density at radius 3 is 2.50 bits per heavy atom. The molecule has 1 aromatic rings. The van der Waals surface area contributed by atoms with E-state index in [0.29, 0.717) is 13.0 Å². The molecule has 2 bridgehead atoms. The van der Waals surface area contributed by atoms with Gasteiger partial charge in [-0.2, -0.15) is 0 Å². The summed E-state index contributed by atoms with van der Waals surface area (Å²) in [5.74, 6) is -2.10. The molecule has 2 saturated heterocycles. The number of fused-ring (bicyclic) bond motifs is 2. The Balaban J connectivity index is 1.57. The number of carbonyl (C=O) groups excluding carboxylic acids is 1. The highest BCUT2D eigenvalue weighted by Crippen LogP contribution is 2.44. The number of carbonyl (C=O) groups is 1. The monoisotopic (exact) mass is 330 g/mol. The van der Waals surface area contributed by atoms with Gasteiger partial charge in [0.25, 0.3) is 0 Å². The van der Waals surface area contributed by atoms with E-state index >= 15 is 0 Å². The van der Waals surface area contributed by atoms with E-state index in [1.165, 1.54) is 12.8 Å². The molecule has 1 aliphatic carbocycles. The fourth-order valence-corrected chi connectivity index (χ4v) is 4.91. The van der Waals surface area contributed by atoms with Crippen molar-refractivity contribution in [1.82, 2.24) is 9.80 Å². The van der Waals surface area contributed by atoms with Crippen LogP contribution in [-0.2, 0) is 11.3 Å². The van der Waals surface area contributed by atoms with Gasteiger partial charge >= 0.3 is 0 Å². The zero-order valence-corrected chi connectivity index (χ0v) is 14.0. The fraction of sp³-hybridized carbons (Fsp3) is 0.632. The van der Waals surface area contributed by atoms with Crippen molar-refractivity contribution in [1.29, 1.82) is 0 Å². The minimum atomic E-state index is -1.78. The maximum absolute atomic E-state index is 12.7. The number of benzene rings is 1. The largest absolute Gasteiger partial charge is 0.364 e. The topological polar surface area (TPSA) is 64.0 Å². The second-order valence-electron chi connectivity index (χ2n) is 7.50. The van der Waals surface area contributed by atoms with Crippen LogP contribution in [0.1, 0.15) is 37.7 Å². The number of aliphatic hydroxyl groups is 2. The van der Waals surface area contributed by atoms with Crippen LogP contribution in [0, 0.1) is 5.92 Å². The third-order valence-corrected chi connectivity index (χ3v) is 6.13. The average molecular weight is 330 g/mol. The van der Waals surface area contributed by atoms with Gasteiger partial charge in [0.1, 0.15) is 0 Å². The molecule has 3 aliphatic rings. The lowest BCUT2D eigenvalue weighted by Crippen LogP contribution is -2.69. The van der Waals surface area contributed by atoms with Crippen molar-refractivity contribution >= 4 is 5.91 Å². The fourth-order valence-electron chi connectivity index (χ4n) is 4.91. The first-order valence-electron chi connectivity index (χ1n) is 9.09. The number of piperidine rings is 1. The van der Waals surface area contributed by atoms with Gasteiger partial charge < -0.3 is 15.1 Å². The first-order valence-corrected chi connectivity index (χ1v) is 9.09. The molecule has 130 valence electrons. The summed E-state index contributed by atoms with van der Waals surface area (Å²) in [5, 5.41) is 21.8. The van der Waals surface area contributed by atoms with Crippen molar-refractivity contribution in [2.45, 2.75) is 56.5 Å². The van der Waals surface area contributed by atoms with E-state index in [1.807, 2.05) is 30.3 Å². The van der Waals surface area contributed by atoms with Gasteiger partial charge in [-0.3, -0.25) is 9.69 Å². The summed E-state index contributed by atoms with van der Waals surface area (Å²) >= 11 is 0. The lowest BCUT2D eigenvalue weighted by atomic mass is 9.70. The molecule has 2 aliphatic heterocycles. The molecule has 24 heavy (non-hydrogen) atoms. The first-order chi connectivity index (χ1) is 11.6. The molecule has 0 aromatic heterocycles. The minimum absolute atomic E-state index is 0.0523. The molecule has 0 radical (unpaired) electrons. The van der Waals surface area contributed by atoms with Crippen molar-refractivity contribution < 1.29 is 15.0 Å². The van der Waals surface area contributed by atoms with Crippen molar-refractivity contribution in [2.75, 3.05) is 13.1 Å². The molecule has 3 atom stereocenters.